The van der Waals surface area contributed by atoms with Crippen molar-refractivity contribution in [3.63, 3.8) is 0 Å². The van der Waals surface area contributed by atoms with Crippen molar-refractivity contribution in [2.45, 2.75) is 19.4 Å². The fraction of sp³-hybridized carbons (Fsp3) is 0.231. The Morgan fingerprint density at radius 2 is 1.95 bits per heavy atom. The van der Waals surface area contributed by atoms with E-state index in [1.54, 1.807) is 6.07 Å². The molecular weight excluding hydrogens is 305 g/mol. The van der Waals surface area contributed by atoms with E-state index in [1.165, 1.54) is 0 Å². The van der Waals surface area contributed by atoms with Crippen LogP contribution < -0.4 is 9.47 Å². The molecule has 0 radical (unpaired) electrons. The van der Waals surface area contributed by atoms with E-state index in [2.05, 4.69) is 9.11 Å². The molecule has 0 amide bonds. The zero-order chi connectivity index (χ0) is 15.2. The molecule has 0 saturated heterocycles. The topological polar surface area (TPSA) is 55.1 Å². The molecule has 2 rings (SSSR count). The van der Waals surface area contributed by atoms with Crippen molar-refractivity contribution in [2.75, 3.05) is 0 Å². The van der Waals surface area contributed by atoms with E-state index in [-0.39, 0.29) is 17.2 Å². The van der Waals surface area contributed by atoms with Gasteiger partial charge in [0.2, 0.25) is 10.9 Å². The number of hydrogen-bond acceptors (Lipinski definition) is 5. The molecule has 0 bridgehead atoms. The van der Waals surface area contributed by atoms with Crippen LogP contribution in [0.5, 0.6) is 10.9 Å². The third-order valence-corrected chi connectivity index (χ3v) is 3.12. The number of nitriles is 1. The molecule has 2 aromatic rings. The van der Waals surface area contributed by atoms with Gasteiger partial charge < -0.3 is 9.47 Å². The van der Waals surface area contributed by atoms with Gasteiger partial charge in [-0.3, -0.25) is 0 Å². The Hall–Kier alpha value is -2.27. The van der Waals surface area contributed by atoms with Crippen LogP contribution in [0, 0.1) is 11.3 Å². The molecule has 0 aliphatic heterocycles. The van der Waals surface area contributed by atoms with Crippen LogP contribution in [-0.4, -0.2) is 17.2 Å². The molecule has 0 aliphatic carbocycles. The molecule has 1 atom stereocenters. The third kappa shape index (κ3) is 3.86. The lowest BCUT2D eigenvalue weighted by Gasteiger charge is -2.07. The summed E-state index contributed by atoms with van der Waals surface area (Å²) in [5.41, 5.74) is 0.660. The smallest absolute Gasteiger partial charge is 0.304 e. The lowest BCUT2D eigenvalue weighted by molar-refractivity contribution is -0.0687. The highest BCUT2D eigenvalue weighted by Crippen LogP contribution is 2.33. The maximum Gasteiger partial charge on any atom is 0.304 e. The monoisotopic (exact) mass is 314 g/mol. The zero-order valence-electron chi connectivity index (χ0n) is 10.5. The first-order valence-electron chi connectivity index (χ1n) is 5.77. The summed E-state index contributed by atoms with van der Waals surface area (Å²) in [6.45, 7) is 0.172. The van der Waals surface area contributed by atoms with Crippen molar-refractivity contribution in [1.82, 2.24) is 4.37 Å². The Kier molecular flexibility index (Phi) is 5.00. The molecule has 0 aliphatic rings. The molecule has 1 unspecified atom stereocenters. The molecule has 0 N–H and O–H groups in total. The molecule has 4 nitrogen and oxygen atoms in total. The number of hydrogen-bond donors (Lipinski definition) is 0. The number of benzene rings is 1. The standard InChI is InChI=1S/C13H9F3N2O2S/c14-10(15)11(16)20-12-9(6-17)13(21-18-12)19-7-8-4-2-1-3-5-8/h1-5,10-11H,7H2. The molecule has 1 heterocycles. The number of alkyl halides is 3. The van der Waals surface area contributed by atoms with Gasteiger partial charge in [0.15, 0.2) is 5.56 Å². The highest BCUT2D eigenvalue weighted by molar-refractivity contribution is 7.08. The van der Waals surface area contributed by atoms with Crippen molar-refractivity contribution in [3.8, 4) is 17.0 Å². The van der Waals surface area contributed by atoms with Crippen LogP contribution in [0.2, 0.25) is 0 Å². The Bertz CT molecular complexity index is 628. The maximum absolute atomic E-state index is 12.8. The fourth-order valence-corrected chi connectivity index (χ4v) is 2.05. The van der Waals surface area contributed by atoms with E-state index >= 15 is 0 Å². The first-order chi connectivity index (χ1) is 10.1. The summed E-state index contributed by atoms with van der Waals surface area (Å²) in [5.74, 6) is -0.488. The summed E-state index contributed by atoms with van der Waals surface area (Å²) in [4.78, 5) is 0. The maximum atomic E-state index is 12.8. The van der Waals surface area contributed by atoms with Gasteiger partial charge in [-0.2, -0.15) is 14.0 Å². The SMILES string of the molecule is N#Cc1c(OC(F)C(F)F)nsc1OCc1ccccc1. The molecule has 1 aromatic heterocycles. The highest BCUT2D eigenvalue weighted by Gasteiger charge is 2.25. The predicted molar refractivity (Wildman–Crippen MR) is 69.1 cm³/mol. The van der Waals surface area contributed by atoms with Crippen molar-refractivity contribution in [2.24, 2.45) is 0 Å². The first kappa shape index (κ1) is 15.1. The summed E-state index contributed by atoms with van der Waals surface area (Å²) in [7, 11) is 0. The molecule has 1 aromatic carbocycles. The minimum atomic E-state index is -3.31. The van der Waals surface area contributed by atoms with Crippen molar-refractivity contribution in [1.29, 1.82) is 5.26 Å². The van der Waals surface area contributed by atoms with Crippen LogP contribution in [0.1, 0.15) is 11.1 Å². The van der Waals surface area contributed by atoms with Gasteiger partial charge in [-0.05, 0) is 5.56 Å². The summed E-state index contributed by atoms with van der Waals surface area (Å²) in [6.07, 6.45) is -6.15. The van der Waals surface area contributed by atoms with Crippen molar-refractivity contribution >= 4 is 11.5 Å². The van der Waals surface area contributed by atoms with E-state index < -0.39 is 18.7 Å². The largest absolute Gasteiger partial charge is 0.477 e. The van der Waals surface area contributed by atoms with Gasteiger partial charge in [-0.15, -0.1) is 0 Å². The number of rotatable bonds is 6. The lowest BCUT2D eigenvalue weighted by atomic mass is 10.2. The molecular formula is C13H9F3N2O2S. The average Bonchev–Trinajstić information content (AvgIpc) is 2.87. The van der Waals surface area contributed by atoms with Crippen LogP contribution >= 0.6 is 11.5 Å². The minimum absolute atomic E-state index is 0.0952. The fourth-order valence-electron chi connectivity index (χ4n) is 1.42. The van der Waals surface area contributed by atoms with Gasteiger partial charge in [-0.25, -0.2) is 8.78 Å². The van der Waals surface area contributed by atoms with Crippen LogP contribution in [-0.2, 0) is 6.61 Å². The van der Waals surface area contributed by atoms with E-state index in [4.69, 9.17) is 10.00 Å². The van der Waals surface area contributed by atoms with Gasteiger partial charge in [0, 0.05) is 11.5 Å². The summed E-state index contributed by atoms with van der Waals surface area (Å²) < 4.78 is 50.3. The average molecular weight is 314 g/mol. The Balaban J connectivity index is 2.07. The second-order valence-corrected chi connectivity index (χ2v) is 4.58. The number of ether oxygens (including phenoxy) is 2. The van der Waals surface area contributed by atoms with Crippen LogP contribution in [0.3, 0.4) is 0 Å². The van der Waals surface area contributed by atoms with E-state index in [0.29, 0.717) is 0 Å². The van der Waals surface area contributed by atoms with E-state index in [1.807, 2.05) is 30.3 Å². The van der Waals surface area contributed by atoms with Crippen molar-refractivity contribution in [3.05, 3.63) is 41.5 Å². The normalized spacial score (nSPS) is 12.0. The predicted octanol–water partition coefficient (Wildman–Crippen LogP) is 3.53. The van der Waals surface area contributed by atoms with Crippen LogP contribution in [0.25, 0.3) is 0 Å². The van der Waals surface area contributed by atoms with E-state index in [0.717, 1.165) is 17.1 Å². The molecule has 0 fully saturated rings. The van der Waals surface area contributed by atoms with Crippen molar-refractivity contribution < 1.29 is 22.6 Å². The van der Waals surface area contributed by atoms with Gasteiger partial charge in [0.25, 0.3) is 6.36 Å². The first-order valence-corrected chi connectivity index (χ1v) is 6.54. The van der Waals surface area contributed by atoms with Gasteiger partial charge in [-0.1, -0.05) is 30.3 Å². The van der Waals surface area contributed by atoms with Gasteiger partial charge >= 0.3 is 6.43 Å². The molecule has 110 valence electrons. The van der Waals surface area contributed by atoms with Crippen LogP contribution in [0.4, 0.5) is 13.2 Å². The van der Waals surface area contributed by atoms with E-state index in [9.17, 15) is 13.2 Å². The van der Waals surface area contributed by atoms with Gasteiger partial charge in [0.05, 0.1) is 0 Å². The quantitative estimate of drug-likeness (QED) is 0.818. The van der Waals surface area contributed by atoms with Gasteiger partial charge in [0.1, 0.15) is 12.7 Å². The summed E-state index contributed by atoms with van der Waals surface area (Å²) in [5, 5.41) is 9.08. The highest BCUT2D eigenvalue weighted by atomic mass is 32.1. The number of nitrogens with zero attached hydrogens (tertiary/aromatic N) is 2. The Morgan fingerprint density at radius 3 is 2.57 bits per heavy atom. The zero-order valence-corrected chi connectivity index (χ0v) is 11.3. The third-order valence-electron chi connectivity index (χ3n) is 2.38. The molecule has 0 spiro atoms. The minimum Gasteiger partial charge on any atom is -0.477 e. The summed E-state index contributed by atoms with van der Waals surface area (Å²) >= 11 is 0.742. The summed E-state index contributed by atoms with van der Waals surface area (Å²) in [6, 6.07) is 10.8. The number of halogens is 3. The lowest BCUT2D eigenvalue weighted by Crippen LogP contribution is -2.20. The second-order valence-electron chi connectivity index (χ2n) is 3.84. The Labute approximate surface area is 122 Å². The number of aromatic nitrogens is 1. The van der Waals surface area contributed by atoms with Crippen LogP contribution in [0.15, 0.2) is 30.3 Å². The Morgan fingerprint density at radius 1 is 1.24 bits per heavy atom. The second kappa shape index (κ2) is 6.95. The molecule has 0 saturated carbocycles. The molecule has 21 heavy (non-hydrogen) atoms. The molecule has 8 heteroatoms.